The predicted octanol–water partition coefficient (Wildman–Crippen LogP) is 3.20. The van der Waals surface area contributed by atoms with Crippen molar-refractivity contribution < 1.29 is 18.7 Å². The first-order chi connectivity index (χ1) is 14.3. The first kappa shape index (κ1) is 21.0. The van der Waals surface area contributed by atoms with Crippen molar-refractivity contribution in [3.05, 3.63) is 70.7 Å². The van der Waals surface area contributed by atoms with Gasteiger partial charge in [0.1, 0.15) is 6.54 Å². The molecule has 0 saturated carbocycles. The van der Waals surface area contributed by atoms with Crippen LogP contribution >= 0.6 is 0 Å². The average molecular weight is 409 g/mol. The van der Waals surface area contributed by atoms with Crippen molar-refractivity contribution in [3.63, 3.8) is 0 Å². The number of aromatic nitrogens is 2. The monoisotopic (exact) mass is 409 g/mol. The molecule has 1 aromatic heterocycles. The van der Waals surface area contributed by atoms with E-state index in [0.29, 0.717) is 17.2 Å². The molecule has 1 N–H and O–H groups in total. The highest BCUT2D eigenvalue weighted by Gasteiger charge is 2.20. The highest BCUT2D eigenvalue weighted by molar-refractivity contribution is 5.95. The van der Waals surface area contributed by atoms with Gasteiger partial charge in [-0.1, -0.05) is 44.2 Å². The van der Waals surface area contributed by atoms with Crippen LogP contribution in [0.5, 0.6) is 0 Å². The SMILES string of the molecule is CC(C)c1ccc(NC(=O)[C@H](C)OC(=O)Cn2nc(-c3ccccc3)oc2=O)cc1. The molecule has 8 nitrogen and oxygen atoms in total. The molecule has 156 valence electrons. The molecule has 0 saturated heterocycles. The fourth-order valence-corrected chi connectivity index (χ4v) is 2.71. The van der Waals surface area contributed by atoms with Crippen LogP contribution in [-0.4, -0.2) is 27.8 Å². The number of ether oxygens (including phenoxy) is 1. The number of rotatable bonds is 7. The summed E-state index contributed by atoms with van der Waals surface area (Å²) in [5.74, 6) is -1.55. The highest BCUT2D eigenvalue weighted by Crippen LogP contribution is 2.17. The molecule has 0 aliphatic rings. The number of nitrogens with zero attached hydrogens (tertiary/aromatic N) is 2. The summed E-state index contributed by atoms with van der Waals surface area (Å²) < 4.78 is 11.1. The molecule has 0 aliphatic heterocycles. The molecular formula is C22H23N3O5. The molecule has 3 rings (SSSR count). The Morgan fingerprint density at radius 1 is 1.07 bits per heavy atom. The van der Waals surface area contributed by atoms with Gasteiger partial charge in [-0.3, -0.25) is 9.59 Å². The van der Waals surface area contributed by atoms with Crippen molar-refractivity contribution in [1.82, 2.24) is 9.78 Å². The van der Waals surface area contributed by atoms with E-state index in [1.807, 2.05) is 18.2 Å². The van der Waals surface area contributed by atoms with E-state index in [4.69, 9.17) is 9.15 Å². The van der Waals surface area contributed by atoms with Crippen LogP contribution in [0, 0.1) is 0 Å². The highest BCUT2D eigenvalue weighted by atomic mass is 16.5. The number of nitrogens with one attached hydrogen (secondary N) is 1. The average Bonchev–Trinajstić information content (AvgIpc) is 3.09. The summed E-state index contributed by atoms with van der Waals surface area (Å²) in [6, 6.07) is 16.3. The quantitative estimate of drug-likeness (QED) is 0.601. The van der Waals surface area contributed by atoms with Gasteiger partial charge in [0.05, 0.1) is 0 Å². The lowest BCUT2D eigenvalue weighted by atomic mass is 10.0. The van der Waals surface area contributed by atoms with E-state index in [-0.39, 0.29) is 5.89 Å². The van der Waals surface area contributed by atoms with Crippen molar-refractivity contribution in [2.75, 3.05) is 5.32 Å². The van der Waals surface area contributed by atoms with E-state index in [9.17, 15) is 14.4 Å². The third-order valence-corrected chi connectivity index (χ3v) is 4.43. The number of anilines is 1. The molecule has 0 spiro atoms. The van der Waals surface area contributed by atoms with Gasteiger partial charge >= 0.3 is 11.7 Å². The zero-order valence-corrected chi connectivity index (χ0v) is 17.0. The van der Waals surface area contributed by atoms with Crippen LogP contribution in [0.15, 0.2) is 63.8 Å². The van der Waals surface area contributed by atoms with Gasteiger partial charge in [0.15, 0.2) is 6.10 Å². The minimum atomic E-state index is -1.04. The molecular weight excluding hydrogens is 386 g/mol. The van der Waals surface area contributed by atoms with Gasteiger partial charge in [0, 0.05) is 11.3 Å². The minimum absolute atomic E-state index is 0.101. The first-order valence-electron chi connectivity index (χ1n) is 9.57. The fourth-order valence-electron chi connectivity index (χ4n) is 2.71. The summed E-state index contributed by atoms with van der Waals surface area (Å²) >= 11 is 0. The Labute approximate surface area is 173 Å². The van der Waals surface area contributed by atoms with Gasteiger partial charge in [0.2, 0.25) is 5.89 Å². The summed E-state index contributed by atoms with van der Waals surface area (Å²) in [6.45, 7) is 5.16. The summed E-state index contributed by atoms with van der Waals surface area (Å²) in [5, 5.41) is 6.69. The van der Waals surface area contributed by atoms with E-state index in [0.717, 1.165) is 10.2 Å². The summed E-state index contributed by atoms with van der Waals surface area (Å²) in [6.07, 6.45) is -1.04. The molecule has 2 aromatic carbocycles. The van der Waals surface area contributed by atoms with Gasteiger partial charge in [-0.25, -0.2) is 4.79 Å². The van der Waals surface area contributed by atoms with Crippen molar-refractivity contribution >= 4 is 17.6 Å². The maximum absolute atomic E-state index is 12.3. The largest absolute Gasteiger partial charge is 0.451 e. The predicted molar refractivity (Wildman–Crippen MR) is 111 cm³/mol. The second-order valence-corrected chi connectivity index (χ2v) is 7.09. The van der Waals surface area contributed by atoms with E-state index in [2.05, 4.69) is 24.3 Å². The third-order valence-electron chi connectivity index (χ3n) is 4.43. The van der Waals surface area contributed by atoms with Gasteiger partial charge in [-0.15, -0.1) is 5.10 Å². The maximum Gasteiger partial charge on any atom is 0.437 e. The molecule has 0 unspecified atom stereocenters. The van der Waals surface area contributed by atoms with Crippen molar-refractivity contribution in [2.24, 2.45) is 0 Å². The van der Waals surface area contributed by atoms with Crippen LogP contribution in [0.3, 0.4) is 0 Å². The number of amides is 1. The zero-order valence-electron chi connectivity index (χ0n) is 17.0. The molecule has 8 heteroatoms. The minimum Gasteiger partial charge on any atom is -0.451 e. The number of benzene rings is 2. The molecule has 0 fully saturated rings. The van der Waals surface area contributed by atoms with E-state index in [1.54, 1.807) is 36.4 Å². The van der Waals surface area contributed by atoms with Gasteiger partial charge in [-0.2, -0.15) is 4.68 Å². The van der Waals surface area contributed by atoms with Crippen molar-refractivity contribution in [1.29, 1.82) is 0 Å². The second kappa shape index (κ2) is 9.21. The lowest BCUT2D eigenvalue weighted by Gasteiger charge is -2.14. The van der Waals surface area contributed by atoms with E-state index < -0.39 is 30.3 Å². The van der Waals surface area contributed by atoms with Crippen LogP contribution in [-0.2, 0) is 20.9 Å². The standard InChI is InChI=1S/C22H23N3O5/c1-14(2)16-9-11-18(12-10-16)23-20(27)15(3)29-19(26)13-25-22(28)30-21(24-25)17-7-5-4-6-8-17/h4-12,14-15H,13H2,1-3H3,(H,23,27)/t15-/m0/s1. The zero-order chi connectivity index (χ0) is 21.7. The van der Waals surface area contributed by atoms with Crippen LogP contribution < -0.4 is 11.1 Å². The third kappa shape index (κ3) is 5.22. The Morgan fingerprint density at radius 2 is 1.73 bits per heavy atom. The second-order valence-electron chi connectivity index (χ2n) is 7.09. The summed E-state index contributed by atoms with van der Waals surface area (Å²) in [7, 11) is 0. The van der Waals surface area contributed by atoms with Crippen LogP contribution in [0.1, 0.15) is 32.3 Å². The van der Waals surface area contributed by atoms with Crippen LogP contribution in [0.2, 0.25) is 0 Å². The number of carbonyl (C=O) groups excluding carboxylic acids is 2. The Morgan fingerprint density at radius 3 is 2.37 bits per heavy atom. The Bertz CT molecular complexity index is 1070. The number of esters is 1. The number of hydrogen-bond donors (Lipinski definition) is 1. The van der Waals surface area contributed by atoms with Crippen LogP contribution in [0.25, 0.3) is 11.5 Å². The first-order valence-corrected chi connectivity index (χ1v) is 9.57. The molecule has 0 bridgehead atoms. The fraction of sp³-hybridized carbons (Fsp3) is 0.273. The van der Waals surface area contributed by atoms with E-state index >= 15 is 0 Å². The van der Waals surface area contributed by atoms with Gasteiger partial charge in [0.25, 0.3) is 5.91 Å². The Hall–Kier alpha value is -3.68. The van der Waals surface area contributed by atoms with Crippen molar-refractivity contribution in [3.8, 4) is 11.5 Å². The molecule has 1 heterocycles. The van der Waals surface area contributed by atoms with Crippen LogP contribution in [0.4, 0.5) is 5.69 Å². The van der Waals surface area contributed by atoms with E-state index in [1.165, 1.54) is 6.92 Å². The summed E-state index contributed by atoms with van der Waals surface area (Å²) in [5.41, 5.74) is 2.37. The van der Waals surface area contributed by atoms with Gasteiger partial charge in [-0.05, 0) is 42.7 Å². The lowest BCUT2D eigenvalue weighted by Crippen LogP contribution is -2.32. The lowest BCUT2D eigenvalue weighted by molar-refractivity contribution is -0.154. The maximum atomic E-state index is 12.3. The molecule has 1 atom stereocenters. The normalized spacial score (nSPS) is 11.9. The molecule has 0 aliphatic carbocycles. The summed E-state index contributed by atoms with van der Waals surface area (Å²) in [4.78, 5) is 36.4. The molecule has 30 heavy (non-hydrogen) atoms. The Kier molecular flexibility index (Phi) is 6.46. The van der Waals surface area contributed by atoms with Crippen molar-refractivity contribution in [2.45, 2.75) is 39.3 Å². The number of carbonyl (C=O) groups is 2. The molecule has 0 radical (unpaired) electrons. The number of hydrogen-bond acceptors (Lipinski definition) is 6. The molecule has 3 aromatic rings. The molecule has 1 amide bonds. The smallest absolute Gasteiger partial charge is 0.437 e. The van der Waals surface area contributed by atoms with Gasteiger partial charge < -0.3 is 14.5 Å². The topological polar surface area (TPSA) is 103 Å². The Balaban J connectivity index is 1.57.